The monoisotopic (exact) mass is 168 g/mol. The van der Waals surface area contributed by atoms with Crippen LogP contribution in [0.4, 0.5) is 11.5 Å². The molecule has 0 spiro atoms. The molecule has 4 nitrogen and oxygen atoms in total. The minimum Gasteiger partial charge on any atom is -0.394 e. The minimum atomic E-state index is 0.419. The number of nitrogen functional groups attached to an aromatic ring is 1. The van der Waals surface area contributed by atoms with E-state index in [1.807, 2.05) is 20.3 Å². The Hall–Kier alpha value is -1.19. The molecule has 0 aliphatic rings. The first-order chi connectivity index (χ1) is 5.52. The molecule has 4 heteroatoms. The summed E-state index contributed by atoms with van der Waals surface area (Å²) in [6.07, 6.45) is 1.81. The van der Waals surface area contributed by atoms with Crippen molar-refractivity contribution in [2.24, 2.45) is 7.05 Å². The first kappa shape index (κ1) is 8.90. The molecule has 0 aromatic carbocycles. The lowest BCUT2D eigenvalue weighted by molar-refractivity contribution is 0.710. The predicted octanol–water partition coefficient (Wildman–Crippen LogP) is 0.847. The van der Waals surface area contributed by atoms with Gasteiger partial charge in [-0.25, -0.2) is 0 Å². The van der Waals surface area contributed by atoms with Crippen LogP contribution in [-0.4, -0.2) is 22.9 Å². The van der Waals surface area contributed by atoms with E-state index in [1.54, 1.807) is 4.68 Å². The first-order valence-corrected chi connectivity index (χ1v) is 4.04. The zero-order chi connectivity index (χ0) is 9.30. The predicted molar refractivity (Wildman–Crippen MR) is 51.2 cm³/mol. The Morgan fingerprint density at radius 2 is 2.17 bits per heavy atom. The van der Waals surface area contributed by atoms with E-state index in [0.717, 1.165) is 11.5 Å². The largest absolute Gasteiger partial charge is 0.394 e. The van der Waals surface area contributed by atoms with Gasteiger partial charge in [0, 0.05) is 26.3 Å². The van der Waals surface area contributed by atoms with Crippen molar-refractivity contribution in [3.05, 3.63) is 6.20 Å². The standard InChI is InChI=1S/C8H16N4/c1-6(2)12(4)8-7(9)5-11(3)10-8/h5-6H,9H2,1-4H3. The number of anilines is 2. The van der Waals surface area contributed by atoms with Gasteiger partial charge in [-0.3, -0.25) is 4.68 Å². The molecule has 68 valence electrons. The summed E-state index contributed by atoms with van der Waals surface area (Å²) in [4.78, 5) is 2.05. The maximum Gasteiger partial charge on any atom is 0.173 e. The normalized spacial score (nSPS) is 10.8. The zero-order valence-electron chi connectivity index (χ0n) is 8.07. The molecule has 0 saturated heterocycles. The van der Waals surface area contributed by atoms with E-state index in [0.29, 0.717) is 6.04 Å². The second-order valence-electron chi connectivity index (χ2n) is 3.29. The second kappa shape index (κ2) is 3.05. The lowest BCUT2D eigenvalue weighted by atomic mass is 10.3. The molecule has 0 atom stereocenters. The van der Waals surface area contributed by atoms with Crippen molar-refractivity contribution >= 4 is 11.5 Å². The van der Waals surface area contributed by atoms with Crippen molar-refractivity contribution < 1.29 is 0 Å². The SMILES string of the molecule is CC(C)N(C)c1nn(C)cc1N. The third-order valence-corrected chi connectivity index (χ3v) is 1.95. The highest BCUT2D eigenvalue weighted by atomic mass is 15.3. The molecule has 12 heavy (non-hydrogen) atoms. The number of hydrogen-bond donors (Lipinski definition) is 1. The summed E-state index contributed by atoms with van der Waals surface area (Å²) in [5, 5.41) is 4.25. The molecule has 0 aliphatic carbocycles. The van der Waals surface area contributed by atoms with Crippen LogP contribution in [0.2, 0.25) is 0 Å². The van der Waals surface area contributed by atoms with Crippen molar-refractivity contribution in [3.8, 4) is 0 Å². The molecule has 1 heterocycles. The van der Waals surface area contributed by atoms with Gasteiger partial charge in [-0.2, -0.15) is 5.10 Å². The summed E-state index contributed by atoms with van der Waals surface area (Å²) < 4.78 is 1.73. The summed E-state index contributed by atoms with van der Waals surface area (Å²) >= 11 is 0. The highest BCUT2D eigenvalue weighted by Gasteiger charge is 2.11. The topological polar surface area (TPSA) is 47.1 Å². The van der Waals surface area contributed by atoms with Gasteiger partial charge in [0.05, 0.1) is 5.69 Å². The van der Waals surface area contributed by atoms with Gasteiger partial charge >= 0.3 is 0 Å². The molecule has 1 rings (SSSR count). The molecule has 2 N–H and O–H groups in total. The van der Waals surface area contributed by atoms with Crippen LogP contribution < -0.4 is 10.6 Å². The number of hydrogen-bond acceptors (Lipinski definition) is 3. The fourth-order valence-corrected chi connectivity index (χ4v) is 1.01. The van der Waals surface area contributed by atoms with E-state index < -0.39 is 0 Å². The van der Waals surface area contributed by atoms with Gasteiger partial charge < -0.3 is 10.6 Å². The Labute approximate surface area is 73.0 Å². The second-order valence-corrected chi connectivity index (χ2v) is 3.29. The van der Waals surface area contributed by atoms with Crippen LogP contribution in [-0.2, 0) is 7.05 Å². The van der Waals surface area contributed by atoms with Crippen LogP contribution in [0.1, 0.15) is 13.8 Å². The van der Waals surface area contributed by atoms with Crippen LogP contribution >= 0.6 is 0 Å². The maximum atomic E-state index is 5.76. The average molecular weight is 168 g/mol. The minimum absolute atomic E-state index is 0.419. The number of aryl methyl sites for hydroxylation is 1. The number of aromatic nitrogens is 2. The van der Waals surface area contributed by atoms with Crippen LogP contribution in [0, 0.1) is 0 Å². The summed E-state index contributed by atoms with van der Waals surface area (Å²) in [5.41, 5.74) is 6.49. The fourth-order valence-electron chi connectivity index (χ4n) is 1.01. The van der Waals surface area contributed by atoms with Crippen LogP contribution in [0.25, 0.3) is 0 Å². The van der Waals surface area contributed by atoms with E-state index in [1.165, 1.54) is 0 Å². The molecule has 1 aromatic heterocycles. The number of nitrogens with zero attached hydrogens (tertiary/aromatic N) is 3. The van der Waals surface area contributed by atoms with E-state index in [2.05, 4.69) is 23.8 Å². The average Bonchev–Trinajstić information content (AvgIpc) is 2.28. The third kappa shape index (κ3) is 1.52. The molecule has 0 fully saturated rings. The lowest BCUT2D eigenvalue weighted by Crippen LogP contribution is -2.26. The Morgan fingerprint density at radius 3 is 2.50 bits per heavy atom. The molecule has 0 amide bonds. The molecule has 0 unspecified atom stereocenters. The van der Waals surface area contributed by atoms with Gasteiger partial charge in [0.1, 0.15) is 0 Å². The first-order valence-electron chi connectivity index (χ1n) is 4.04. The van der Waals surface area contributed by atoms with E-state index in [4.69, 9.17) is 5.73 Å². The third-order valence-electron chi connectivity index (χ3n) is 1.95. The number of nitrogens with two attached hydrogens (primary N) is 1. The van der Waals surface area contributed by atoms with Gasteiger partial charge in [-0.1, -0.05) is 0 Å². The van der Waals surface area contributed by atoms with Crippen molar-refractivity contribution in [2.45, 2.75) is 19.9 Å². The quantitative estimate of drug-likeness (QED) is 0.712. The Balaban J connectivity index is 2.94. The summed E-state index contributed by atoms with van der Waals surface area (Å²) in [6, 6.07) is 0.419. The molecular weight excluding hydrogens is 152 g/mol. The van der Waals surface area contributed by atoms with Gasteiger partial charge in [0.15, 0.2) is 5.82 Å². The van der Waals surface area contributed by atoms with Gasteiger partial charge in [-0.05, 0) is 13.8 Å². The molecule has 0 radical (unpaired) electrons. The van der Waals surface area contributed by atoms with Crippen LogP contribution in [0.3, 0.4) is 0 Å². The summed E-state index contributed by atoms with van der Waals surface area (Å²) in [5.74, 6) is 0.854. The lowest BCUT2D eigenvalue weighted by Gasteiger charge is -2.21. The molecule has 0 bridgehead atoms. The Kier molecular flexibility index (Phi) is 2.26. The molecule has 1 aromatic rings. The van der Waals surface area contributed by atoms with Crippen LogP contribution in [0.15, 0.2) is 6.20 Å². The van der Waals surface area contributed by atoms with Gasteiger partial charge in [0.25, 0.3) is 0 Å². The summed E-state index contributed by atoms with van der Waals surface area (Å²) in [6.45, 7) is 4.21. The van der Waals surface area contributed by atoms with Crippen molar-refractivity contribution in [3.63, 3.8) is 0 Å². The molecule has 0 aliphatic heterocycles. The Bertz CT molecular complexity index is 264. The van der Waals surface area contributed by atoms with Crippen molar-refractivity contribution in [2.75, 3.05) is 17.7 Å². The number of rotatable bonds is 2. The van der Waals surface area contributed by atoms with E-state index in [9.17, 15) is 0 Å². The van der Waals surface area contributed by atoms with E-state index >= 15 is 0 Å². The summed E-state index contributed by atoms with van der Waals surface area (Å²) in [7, 11) is 3.86. The molecule has 0 saturated carbocycles. The van der Waals surface area contributed by atoms with Crippen LogP contribution in [0.5, 0.6) is 0 Å². The van der Waals surface area contributed by atoms with Crippen molar-refractivity contribution in [1.82, 2.24) is 9.78 Å². The maximum absolute atomic E-state index is 5.76. The fraction of sp³-hybridized carbons (Fsp3) is 0.625. The molecular formula is C8H16N4. The van der Waals surface area contributed by atoms with E-state index in [-0.39, 0.29) is 0 Å². The van der Waals surface area contributed by atoms with Gasteiger partial charge in [-0.15, -0.1) is 0 Å². The smallest absolute Gasteiger partial charge is 0.173 e. The zero-order valence-corrected chi connectivity index (χ0v) is 8.07. The Morgan fingerprint density at radius 1 is 1.58 bits per heavy atom. The highest BCUT2D eigenvalue weighted by molar-refractivity contribution is 5.61. The highest BCUT2D eigenvalue weighted by Crippen LogP contribution is 2.20. The van der Waals surface area contributed by atoms with Gasteiger partial charge in [0.2, 0.25) is 0 Å². The van der Waals surface area contributed by atoms with Crippen molar-refractivity contribution in [1.29, 1.82) is 0 Å².